The number of hydrogen-bond donors (Lipinski definition) is 2. The Morgan fingerprint density at radius 1 is 1.07 bits per heavy atom. The van der Waals surface area contributed by atoms with Crippen molar-refractivity contribution < 1.29 is 18.9 Å². The second kappa shape index (κ2) is 3.97. The summed E-state index contributed by atoms with van der Waals surface area (Å²) in [6, 6.07) is 1.97. The average molecular weight is 230 g/mol. The normalized spacial score (nSPS) is 11.6. The van der Waals surface area contributed by atoms with E-state index in [1.807, 2.05) is 19.9 Å². The van der Waals surface area contributed by atoms with Gasteiger partial charge in [0.15, 0.2) is 0 Å². The number of rotatable bonds is 2. The van der Waals surface area contributed by atoms with E-state index in [-0.39, 0.29) is 0 Å². The Balaban J connectivity index is 3.34. The fourth-order valence-electron chi connectivity index (χ4n) is 1.44. The Bertz CT molecular complexity index is 407. The standard InChI is InChI=1S/C10H15O4P/c1-6-5-7(2)9(4)10(8(6)3)14-15(11,12)13/h5H,1-4H3,(H2,11,12,13). The van der Waals surface area contributed by atoms with Crippen LogP contribution in [-0.2, 0) is 4.57 Å². The summed E-state index contributed by atoms with van der Waals surface area (Å²) in [5.74, 6) is 0.292. The first-order valence-corrected chi connectivity index (χ1v) is 6.08. The van der Waals surface area contributed by atoms with Gasteiger partial charge < -0.3 is 4.52 Å². The number of hydrogen-bond acceptors (Lipinski definition) is 2. The average Bonchev–Trinajstić information content (AvgIpc) is 2.08. The van der Waals surface area contributed by atoms with Gasteiger partial charge in [0.05, 0.1) is 0 Å². The Kier molecular flexibility index (Phi) is 3.24. The summed E-state index contributed by atoms with van der Waals surface area (Å²) < 4.78 is 15.5. The highest BCUT2D eigenvalue weighted by atomic mass is 31.2. The summed E-state index contributed by atoms with van der Waals surface area (Å²) in [6.07, 6.45) is 0. The van der Waals surface area contributed by atoms with Crippen LogP contribution in [0, 0.1) is 27.7 Å². The van der Waals surface area contributed by atoms with Crippen LogP contribution >= 0.6 is 7.82 Å². The molecule has 0 saturated carbocycles. The summed E-state index contributed by atoms with van der Waals surface area (Å²) in [7, 11) is -4.48. The smallest absolute Gasteiger partial charge is 0.404 e. The molecule has 0 aromatic heterocycles. The second-order valence-corrected chi connectivity index (χ2v) is 4.84. The van der Waals surface area contributed by atoms with E-state index in [0.717, 1.165) is 22.3 Å². The lowest BCUT2D eigenvalue weighted by atomic mass is 10.0. The predicted octanol–water partition coefficient (Wildman–Crippen LogP) is 2.39. The van der Waals surface area contributed by atoms with E-state index in [1.165, 1.54) is 0 Å². The van der Waals surface area contributed by atoms with Crippen molar-refractivity contribution in [3.05, 3.63) is 28.3 Å². The van der Waals surface area contributed by atoms with Crippen LogP contribution in [0.2, 0.25) is 0 Å². The quantitative estimate of drug-likeness (QED) is 0.765. The molecule has 4 nitrogen and oxygen atoms in total. The lowest BCUT2D eigenvalue weighted by molar-refractivity contribution is 0.282. The number of benzene rings is 1. The van der Waals surface area contributed by atoms with Gasteiger partial charge in [0.2, 0.25) is 0 Å². The largest absolute Gasteiger partial charge is 0.524 e. The number of aryl methyl sites for hydroxylation is 2. The molecule has 1 rings (SSSR count). The van der Waals surface area contributed by atoms with Crippen LogP contribution in [0.4, 0.5) is 0 Å². The van der Waals surface area contributed by atoms with Crippen molar-refractivity contribution in [1.82, 2.24) is 0 Å². The van der Waals surface area contributed by atoms with Gasteiger partial charge in [0, 0.05) is 0 Å². The molecule has 1 aromatic carbocycles. The maximum atomic E-state index is 10.8. The van der Waals surface area contributed by atoms with Crippen LogP contribution in [0.3, 0.4) is 0 Å². The van der Waals surface area contributed by atoms with E-state index in [1.54, 1.807) is 13.8 Å². The fraction of sp³-hybridized carbons (Fsp3) is 0.400. The van der Waals surface area contributed by atoms with E-state index in [9.17, 15) is 4.57 Å². The van der Waals surface area contributed by atoms with Crippen molar-refractivity contribution in [2.45, 2.75) is 27.7 Å². The summed E-state index contributed by atoms with van der Waals surface area (Å²) in [6.45, 7) is 7.34. The third-order valence-corrected chi connectivity index (χ3v) is 2.93. The van der Waals surface area contributed by atoms with Crippen molar-refractivity contribution in [2.75, 3.05) is 0 Å². The molecular formula is C10H15O4P. The molecule has 15 heavy (non-hydrogen) atoms. The van der Waals surface area contributed by atoms with Crippen LogP contribution in [0.1, 0.15) is 22.3 Å². The van der Waals surface area contributed by atoms with Gasteiger partial charge in [-0.1, -0.05) is 6.07 Å². The molecule has 0 spiro atoms. The lowest BCUT2D eigenvalue weighted by Crippen LogP contribution is -1.98. The minimum Gasteiger partial charge on any atom is -0.404 e. The zero-order valence-corrected chi connectivity index (χ0v) is 10.1. The maximum absolute atomic E-state index is 10.8. The van der Waals surface area contributed by atoms with E-state index in [4.69, 9.17) is 14.3 Å². The molecule has 0 saturated heterocycles. The molecule has 0 aliphatic carbocycles. The molecule has 2 N–H and O–H groups in total. The first-order valence-electron chi connectivity index (χ1n) is 4.55. The van der Waals surface area contributed by atoms with Crippen LogP contribution in [0.5, 0.6) is 5.75 Å². The zero-order valence-electron chi connectivity index (χ0n) is 9.24. The molecule has 0 bridgehead atoms. The molecule has 0 heterocycles. The number of phosphoric ester groups is 1. The van der Waals surface area contributed by atoms with Crippen molar-refractivity contribution >= 4 is 7.82 Å². The summed E-state index contributed by atoms with van der Waals surface area (Å²) >= 11 is 0. The minimum atomic E-state index is -4.48. The molecule has 0 atom stereocenters. The van der Waals surface area contributed by atoms with Crippen LogP contribution < -0.4 is 4.52 Å². The van der Waals surface area contributed by atoms with Gasteiger partial charge in [-0.25, -0.2) is 4.57 Å². The van der Waals surface area contributed by atoms with Crippen LogP contribution in [0.25, 0.3) is 0 Å². The fourth-order valence-corrected chi connectivity index (χ4v) is 1.95. The van der Waals surface area contributed by atoms with Crippen molar-refractivity contribution in [2.24, 2.45) is 0 Å². The Morgan fingerprint density at radius 2 is 1.47 bits per heavy atom. The molecule has 84 valence electrons. The first-order chi connectivity index (χ1) is 6.72. The molecule has 1 aromatic rings. The zero-order chi connectivity index (χ0) is 11.8. The van der Waals surface area contributed by atoms with Gasteiger partial charge in [-0.05, 0) is 49.9 Å². The summed E-state index contributed by atoms with van der Waals surface area (Å²) in [5.41, 5.74) is 3.45. The van der Waals surface area contributed by atoms with Gasteiger partial charge in [-0.2, -0.15) is 0 Å². The van der Waals surface area contributed by atoms with Crippen molar-refractivity contribution in [3.63, 3.8) is 0 Å². The molecule has 0 aliphatic heterocycles. The molecule has 0 radical (unpaired) electrons. The second-order valence-electron chi connectivity index (χ2n) is 3.67. The molecule has 5 heteroatoms. The highest BCUT2D eigenvalue weighted by molar-refractivity contribution is 7.46. The molecule has 0 aliphatic rings. The van der Waals surface area contributed by atoms with Crippen molar-refractivity contribution in [3.8, 4) is 5.75 Å². The topological polar surface area (TPSA) is 66.8 Å². The Morgan fingerprint density at radius 3 is 1.80 bits per heavy atom. The van der Waals surface area contributed by atoms with Gasteiger partial charge in [0.1, 0.15) is 5.75 Å². The van der Waals surface area contributed by atoms with Crippen molar-refractivity contribution in [1.29, 1.82) is 0 Å². The first kappa shape index (κ1) is 12.2. The van der Waals surface area contributed by atoms with Gasteiger partial charge in [0.25, 0.3) is 0 Å². The minimum absolute atomic E-state index is 0.292. The highest BCUT2D eigenvalue weighted by Gasteiger charge is 2.20. The van der Waals surface area contributed by atoms with Crippen LogP contribution in [0.15, 0.2) is 6.07 Å². The maximum Gasteiger partial charge on any atom is 0.524 e. The summed E-state index contributed by atoms with van der Waals surface area (Å²) in [4.78, 5) is 17.6. The third-order valence-electron chi connectivity index (χ3n) is 2.51. The van der Waals surface area contributed by atoms with Gasteiger partial charge >= 0.3 is 7.82 Å². The monoisotopic (exact) mass is 230 g/mol. The van der Waals surface area contributed by atoms with E-state index >= 15 is 0 Å². The molecular weight excluding hydrogens is 215 g/mol. The van der Waals surface area contributed by atoms with Gasteiger partial charge in [-0.15, -0.1) is 0 Å². The molecule has 0 fully saturated rings. The molecule has 0 amide bonds. The Labute approximate surface area is 89.1 Å². The predicted molar refractivity (Wildman–Crippen MR) is 58.1 cm³/mol. The lowest BCUT2D eigenvalue weighted by Gasteiger charge is -2.16. The van der Waals surface area contributed by atoms with Crippen LogP contribution in [-0.4, -0.2) is 9.79 Å². The summed E-state index contributed by atoms with van der Waals surface area (Å²) in [5, 5.41) is 0. The SMILES string of the molecule is Cc1cc(C)c(C)c(OP(=O)(O)O)c1C. The van der Waals surface area contributed by atoms with E-state index in [2.05, 4.69) is 0 Å². The third kappa shape index (κ3) is 2.81. The van der Waals surface area contributed by atoms with E-state index < -0.39 is 7.82 Å². The van der Waals surface area contributed by atoms with E-state index in [0.29, 0.717) is 5.75 Å². The Hall–Kier alpha value is -0.830. The van der Waals surface area contributed by atoms with Gasteiger partial charge in [-0.3, -0.25) is 9.79 Å². The highest BCUT2D eigenvalue weighted by Crippen LogP contribution is 2.42. The molecule has 0 unspecified atom stereocenters. The number of phosphoric acid groups is 1.